The van der Waals surface area contributed by atoms with Crippen LogP contribution in [0.25, 0.3) is 0 Å². The molecule has 2 nitrogen and oxygen atoms in total. The minimum atomic E-state index is -0.532. The molecule has 1 heterocycles. The van der Waals surface area contributed by atoms with Crippen molar-refractivity contribution in [3.8, 4) is 0 Å². The molecule has 1 aromatic rings. The topological polar surface area (TPSA) is 15.3 Å². The molecule has 0 aromatic heterocycles. The predicted octanol–water partition coefficient (Wildman–Crippen LogP) is 3.72. The Kier molecular flexibility index (Phi) is 9.06. The quantitative estimate of drug-likeness (QED) is 0.841. The highest BCUT2D eigenvalue weighted by Gasteiger charge is 2.24. The first kappa shape index (κ1) is 20.3. The van der Waals surface area contributed by atoms with Crippen molar-refractivity contribution < 1.29 is 8.78 Å². The van der Waals surface area contributed by atoms with E-state index in [9.17, 15) is 8.78 Å². The van der Waals surface area contributed by atoms with Crippen LogP contribution < -0.4 is 5.32 Å². The molecule has 1 atom stereocenters. The Labute approximate surface area is 137 Å². The van der Waals surface area contributed by atoms with Crippen LogP contribution in [0, 0.1) is 11.6 Å². The third-order valence-corrected chi connectivity index (χ3v) is 3.46. The minimum absolute atomic E-state index is 0. The van der Waals surface area contributed by atoms with Gasteiger partial charge >= 0.3 is 0 Å². The van der Waals surface area contributed by atoms with E-state index < -0.39 is 11.6 Å². The number of nitrogens with zero attached hydrogens (tertiary/aromatic N) is 1. The number of piperazine rings is 1. The van der Waals surface area contributed by atoms with Gasteiger partial charge < -0.3 is 5.32 Å². The van der Waals surface area contributed by atoms with E-state index in [0.717, 1.165) is 37.8 Å². The number of nitrogens with one attached hydrogen (secondary N) is 1. The van der Waals surface area contributed by atoms with E-state index in [1.807, 2.05) is 6.92 Å². The van der Waals surface area contributed by atoms with Crippen LogP contribution in [0.1, 0.15) is 24.9 Å². The van der Waals surface area contributed by atoms with Crippen LogP contribution in [0.3, 0.4) is 0 Å². The Morgan fingerprint density at radius 1 is 1.29 bits per heavy atom. The molecule has 1 saturated heterocycles. The summed E-state index contributed by atoms with van der Waals surface area (Å²) in [6.07, 6.45) is 0.697. The Balaban J connectivity index is 0.00000200. The Morgan fingerprint density at radius 2 is 1.90 bits per heavy atom. The van der Waals surface area contributed by atoms with Crippen LogP contribution in [-0.2, 0) is 0 Å². The van der Waals surface area contributed by atoms with E-state index >= 15 is 0 Å². The van der Waals surface area contributed by atoms with E-state index in [2.05, 4.69) is 16.8 Å². The minimum Gasteiger partial charge on any atom is -0.314 e. The third kappa shape index (κ3) is 5.55. The zero-order chi connectivity index (χ0) is 13.8. The predicted molar refractivity (Wildman–Crippen MR) is 87.5 cm³/mol. The molecule has 1 aromatic carbocycles. The molecule has 0 saturated carbocycles. The highest BCUT2D eigenvalue weighted by molar-refractivity contribution is 5.85. The van der Waals surface area contributed by atoms with E-state index in [1.54, 1.807) is 6.07 Å². The lowest BCUT2D eigenvalue weighted by molar-refractivity contribution is 0.169. The summed E-state index contributed by atoms with van der Waals surface area (Å²) in [5.41, 5.74) is 1.57. The Bertz CT molecular complexity index is 463. The fraction of sp³-hybridized carbons (Fsp3) is 0.467. The fourth-order valence-electron chi connectivity index (χ4n) is 2.53. The summed E-state index contributed by atoms with van der Waals surface area (Å²) in [5, 5.41) is 3.28. The van der Waals surface area contributed by atoms with Gasteiger partial charge in [0.15, 0.2) is 0 Å². The molecule has 6 heteroatoms. The summed E-state index contributed by atoms with van der Waals surface area (Å²) >= 11 is 0. The average molecular weight is 339 g/mol. The first-order valence-electron chi connectivity index (χ1n) is 6.62. The van der Waals surface area contributed by atoms with E-state index in [4.69, 9.17) is 0 Å². The van der Waals surface area contributed by atoms with Crippen molar-refractivity contribution in [3.05, 3.63) is 47.5 Å². The zero-order valence-electron chi connectivity index (χ0n) is 12.1. The first-order valence-corrected chi connectivity index (χ1v) is 6.62. The molecular weight excluding hydrogens is 317 g/mol. The van der Waals surface area contributed by atoms with E-state index in [1.165, 1.54) is 6.07 Å². The van der Waals surface area contributed by atoms with Gasteiger partial charge in [-0.05, 0) is 19.4 Å². The van der Waals surface area contributed by atoms with Crippen LogP contribution in [0.2, 0.25) is 0 Å². The number of halogens is 4. The van der Waals surface area contributed by atoms with Crippen molar-refractivity contribution in [2.75, 3.05) is 26.2 Å². The van der Waals surface area contributed by atoms with Gasteiger partial charge in [0, 0.05) is 43.9 Å². The van der Waals surface area contributed by atoms with Gasteiger partial charge in [0.25, 0.3) is 0 Å². The summed E-state index contributed by atoms with van der Waals surface area (Å²) in [5.74, 6) is -1.000. The summed E-state index contributed by atoms with van der Waals surface area (Å²) in [6.45, 7) is 9.40. The summed E-state index contributed by atoms with van der Waals surface area (Å²) in [7, 11) is 0. The molecule has 21 heavy (non-hydrogen) atoms. The van der Waals surface area contributed by atoms with Crippen LogP contribution in [0.5, 0.6) is 0 Å². The number of hydrogen-bond acceptors (Lipinski definition) is 2. The lowest BCUT2D eigenvalue weighted by Crippen LogP contribution is -2.45. The van der Waals surface area contributed by atoms with Crippen molar-refractivity contribution in [1.82, 2.24) is 10.2 Å². The third-order valence-electron chi connectivity index (χ3n) is 3.46. The van der Waals surface area contributed by atoms with Crippen molar-refractivity contribution in [2.24, 2.45) is 0 Å². The molecule has 1 N–H and O–H groups in total. The lowest BCUT2D eigenvalue weighted by atomic mass is 9.97. The molecule has 1 aliphatic rings. The van der Waals surface area contributed by atoms with Crippen LogP contribution >= 0.6 is 24.8 Å². The fourth-order valence-corrected chi connectivity index (χ4v) is 2.53. The van der Waals surface area contributed by atoms with Gasteiger partial charge in [-0.3, -0.25) is 4.90 Å². The Hall–Kier alpha value is -0.680. The van der Waals surface area contributed by atoms with Gasteiger partial charge in [-0.15, -0.1) is 31.4 Å². The molecule has 120 valence electrons. The second kappa shape index (κ2) is 9.36. The number of hydrogen-bond donors (Lipinski definition) is 1. The van der Waals surface area contributed by atoms with Gasteiger partial charge in [-0.1, -0.05) is 11.6 Å². The molecule has 1 aliphatic heterocycles. The molecule has 0 spiro atoms. The second-order valence-electron chi connectivity index (χ2n) is 5.13. The van der Waals surface area contributed by atoms with Gasteiger partial charge in [-0.2, -0.15) is 0 Å². The van der Waals surface area contributed by atoms with E-state index in [-0.39, 0.29) is 30.9 Å². The molecule has 0 radical (unpaired) electrons. The smallest absolute Gasteiger partial charge is 0.130 e. The summed E-state index contributed by atoms with van der Waals surface area (Å²) in [6, 6.07) is 3.79. The Morgan fingerprint density at radius 3 is 2.43 bits per heavy atom. The van der Waals surface area contributed by atoms with Crippen LogP contribution in [0.15, 0.2) is 30.4 Å². The first-order chi connectivity index (χ1) is 9.08. The largest absolute Gasteiger partial charge is 0.314 e. The summed E-state index contributed by atoms with van der Waals surface area (Å²) in [4.78, 5) is 2.24. The highest BCUT2D eigenvalue weighted by Crippen LogP contribution is 2.29. The molecular formula is C15H22Cl2F2N2. The highest BCUT2D eigenvalue weighted by atomic mass is 35.5. The van der Waals surface area contributed by atoms with Gasteiger partial charge in [0.2, 0.25) is 0 Å². The zero-order valence-corrected chi connectivity index (χ0v) is 13.7. The number of benzene rings is 1. The lowest BCUT2D eigenvalue weighted by Gasteiger charge is -2.35. The normalized spacial score (nSPS) is 16.5. The van der Waals surface area contributed by atoms with E-state index in [0.29, 0.717) is 12.0 Å². The van der Waals surface area contributed by atoms with Crippen molar-refractivity contribution in [3.63, 3.8) is 0 Å². The average Bonchev–Trinajstić information content (AvgIpc) is 2.37. The van der Waals surface area contributed by atoms with Gasteiger partial charge in [-0.25, -0.2) is 8.78 Å². The molecule has 0 amide bonds. The monoisotopic (exact) mass is 338 g/mol. The molecule has 0 unspecified atom stereocenters. The molecule has 1 fully saturated rings. The van der Waals surface area contributed by atoms with Crippen molar-refractivity contribution in [2.45, 2.75) is 19.4 Å². The van der Waals surface area contributed by atoms with Gasteiger partial charge in [0.05, 0.1) is 0 Å². The molecule has 0 aliphatic carbocycles. The molecule has 0 bridgehead atoms. The summed E-state index contributed by atoms with van der Waals surface area (Å²) < 4.78 is 27.0. The maximum Gasteiger partial charge on any atom is 0.130 e. The van der Waals surface area contributed by atoms with Crippen LogP contribution in [-0.4, -0.2) is 31.1 Å². The molecule has 2 rings (SSSR count). The SMILES string of the molecule is C=C(C)C[C@H](c1ccc(F)cc1F)N1CCNCC1.Cl.Cl. The second-order valence-corrected chi connectivity index (χ2v) is 5.13. The maximum atomic E-state index is 14.0. The maximum absolute atomic E-state index is 14.0. The van der Waals surface area contributed by atoms with Crippen LogP contribution in [0.4, 0.5) is 8.78 Å². The van der Waals surface area contributed by atoms with Gasteiger partial charge in [0.1, 0.15) is 11.6 Å². The number of rotatable bonds is 4. The standard InChI is InChI=1S/C15H20F2N2.2ClH/c1-11(2)9-15(19-7-5-18-6-8-19)13-4-3-12(16)10-14(13)17;;/h3-4,10,15,18H,1,5-9H2,2H3;2*1H/t15-;;/m1../s1. The van der Waals surface area contributed by atoms with Crippen molar-refractivity contribution >= 4 is 24.8 Å². The van der Waals surface area contributed by atoms with Crippen molar-refractivity contribution in [1.29, 1.82) is 0 Å².